The Labute approximate surface area is 163 Å². The molecule has 1 amide bonds. The molecule has 0 saturated carbocycles. The van der Waals surface area contributed by atoms with Gasteiger partial charge in [-0.3, -0.25) is 19.7 Å². The first-order valence-electron chi connectivity index (χ1n) is 7.55. The Hall–Kier alpha value is -2.78. The van der Waals surface area contributed by atoms with E-state index < -0.39 is 23.4 Å². The van der Waals surface area contributed by atoms with Gasteiger partial charge in [0, 0.05) is 16.0 Å². The lowest BCUT2D eigenvalue weighted by molar-refractivity contribution is -0.383. The van der Waals surface area contributed by atoms with E-state index >= 15 is 0 Å². The Morgan fingerprint density at radius 1 is 1.22 bits per heavy atom. The minimum absolute atomic E-state index is 0.0146. The maximum atomic E-state index is 11.9. The van der Waals surface area contributed by atoms with E-state index in [4.69, 9.17) is 21.1 Å². The summed E-state index contributed by atoms with van der Waals surface area (Å²) >= 11 is 6.95. The molecule has 0 saturated heterocycles. The van der Waals surface area contributed by atoms with Gasteiger partial charge in [-0.25, -0.2) is 0 Å². The Morgan fingerprint density at radius 2 is 1.93 bits per heavy atom. The van der Waals surface area contributed by atoms with Crippen molar-refractivity contribution in [2.24, 2.45) is 0 Å². The van der Waals surface area contributed by atoms with Crippen LogP contribution in [0.1, 0.15) is 0 Å². The van der Waals surface area contributed by atoms with Crippen LogP contribution in [-0.4, -0.2) is 36.3 Å². The molecule has 0 bridgehead atoms. The van der Waals surface area contributed by atoms with Crippen molar-refractivity contribution in [3.8, 4) is 5.75 Å². The molecule has 10 heteroatoms. The topological polar surface area (TPSA) is 108 Å². The molecule has 0 fully saturated rings. The highest BCUT2D eigenvalue weighted by atomic mass is 35.5. The quantitative estimate of drug-likeness (QED) is 0.307. The summed E-state index contributed by atoms with van der Waals surface area (Å²) in [6, 6.07) is 10.9. The molecular weight excluding hydrogens is 396 g/mol. The van der Waals surface area contributed by atoms with Crippen LogP contribution in [0.5, 0.6) is 5.75 Å². The van der Waals surface area contributed by atoms with Crippen molar-refractivity contribution in [1.29, 1.82) is 0 Å². The minimum Gasteiger partial charge on any atom is -0.497 e. The number of rotatable bonds is 8. The van der Waals surface area contributed by atoms with E-state index in [1.165, 1.54) is 23.9 Å². The van der Waals surface area contributed by atoms with Crippen LogP contribution >= 0.6 is 23.4 Å². The van der Waals surface area contributed by atoms with Crippen LogP contribution in [-0.2, 0) is 14.3 Å². The Kier molecular flexibility index (Phi) is 7.44. The summed E-state index contributed by atoms with van der Waals surface area (Å²) in [7, 11) is 1.56. The van der Waals surface area contributed by atoms with Gasteiger partial charge in [-0.2, -0.15) is 0 Å². The number of hydrogen-bond donors (Lipinski definition) is 1. The van der Waals surface area contributed by atoms with Gasteiger partial charge in [0.15, 0.2) is 6.61 Å². The summed E-state index contributed by atoms with van der Waals surface area (Å²) < 4.78 is 9.92. The largest absolute Gasteiger partial charge is 0.497 e. The smallest absolute Gasteiger partial charge is 0.316 e. The maximum absolute atomic E-state index is 11.9. The van der Waals surface area contributed by atoms with Gasteiger partial charge in [0.2, 0.25) is 0 Å². The standard InChI is InChI=1S/C17H15ClN2O6S/c1-25-12-3-5-13(6-4-12)27-10-17(22)26-9-16(21)19-14-7-2-11(18)8-15(14)20(23)24/h2-8H,9-10H2,1H3,(H,19,21). The minimum atomic E-state index is -0.691. The Bertz CT molecular complexity index is 844. The average Bonchev–Trinajstić information content (AvgIpc) is 2.66. The average molecular weight is 411 g/mol. The molecule has 0 unspecified atom stereocenters. The first kappa shape index (κ1) is 20.5. The molecule has 0 aliphatic heterocycles. The number of esters is 1. The van der Waals surface area contributed by atoms with Crippen LogP contribution in [0.15, 0.2) is 47.4 Å². The zero-order valence-corrected chi connectivity index (χ0v) is 15.7. The van der Waals surface area contributed by atoms with Crippen molar-refractivity contribution < 1.29 is 24.0 Å². The molecule has 27 heavy (non-hydrogen) atoms. The van der Waals surface area contributed by atoms with Gasteiger partial charge in [0.25, 0.3) is 11.6 Å². The van der Waals surface area contributed by atoms with Crippen molar-refractivity contribution in [3.05, 3.63) is 57.6 Å². The van der Waals surface area contributed by atoms with Crippen molar-refractivity contribution in [2.75, 3.05) is 24.8 Å². The van der Waals surface area contributed by atoms with Gasteiger partial charge in [-0.05, 0) is 36.4 Å². The second-order valence-electron chi connectivity index (χ2n) is 5.09. The number of hydrogen-bond acceptors (Lipinski definition) is 7. The SMILES string of the molecule is COc1ccc(SCC(=O)OCC(=O)Nc2ccc(Cl)cc2[N+](=O)[O-])cc1. The fourth-order valence-electron chi connectivity index (χ4n) is 1.95. The maximum Gasteiger partial charge on any atom is 0.316 e. The number of carbonyl (C=O) groups excluding carboxylic acids is 2. The molecule has 142 valence electrons. The predicted octanol–water partition coefficient (Wildman–Crippen LogP) is 3.53. The van der Waals surface area contributed by atoms with Gasteiger partial charge in [0.05, 0.1) is 17.8 Å². The van der Waals surface area contributed by atoms with Gasteiger partial charge in [0.1, 0.15) is 11.4 Å². The summed E-state index contributed by atoms with van der Waals surface area (Å²) in [4.78, 5) is 34.8. The number of nitrogens with zero attached hydrogens (tertiary/aromatic N) is 1. The number of ether oxygens (including phenoxy) is 2. The summed E-state index contributed by atoms with van der Waals surface area (Å²) in [5.41, 5.74) is -0.379. The third kappa shape index (κ3) is 6.46. The third-order valence-electron chi connectivity index (χ3n) is 3.21. The fourth-order valence-corrected chi connectivity index (χ4v) is 2.81. The zero-order valence-electron chi connectivity index (χ0n) is 14.1. The third-order valence-corrected chi connectivity index (χ3v) is 4.43. The van der Waals surface area contributed by atoms with Gasteiger partial charge in [-0.1, -0.05) is 11.6 Å². The Morgan fingerprint density at radius 3 is 2.56 bits per heavy atom. The number of nitrogens with one attached hydrogen (secondary N) is 1. The monoisotopic (exact) mass is 410 g/mol. The van der Waals surface area contributed by atoms with Gasteiger partial charge in [-0.15, -0.1) is 11.8 Å². The Balaban J connectivity index is 1.81. The van der Waals surface area contributed by atoms with Crippen molar-refractivity contribution in [3.63, 3.8) is 0 Å². The lowest BCUT2D eigenvalue weighted by Crippen LogP contribution is -2.22. The molecule has 0 aliphatic carbocycles. The first-order valence-corrected chi connectivity index (χ1v) is 8.91. The lowest BCUT2D eigenvalue weighted by Gasteiger charge is -2.07. The number of nitro groups is 1. The molecule has 2 aromatic rings. The summed E-state index contributed by atoms with van der Waals surface area (Å²) in [5.74, 6) is -0.560. The van der Waals surface area contributed by atoms with Gasteiger partial charge < -0.3 is 14.8 Å². The molecule has 2 aromatic carbocycles. The number of methoxy groups -OCH3 is 1. The van der Waals surface area contributed by atoms with Crippen LogP contribution in [0.4, 0.5) is 11.4 Å². The molecule has 0 spiro atoms. The van der Waals surface area contributed by atoms with E-state index in [9.17, 15) is 19.7 Å². The molecular formula is C17H15ClN2O6S. The van der Waals surface area contributed by atoms with E-state index in [0.717, 1.165) is 11.0 Å². The van der Waals surface area contributed by atoms with Crippen molar-refractivity contribution in [2.45, 2.75) is 4.90 Å². The van der Waals surface area contributed by atoms with Crippen LogP contribution in [0, 0.1) is 10.1 Å². The second kappa shape index (κ2) is 9.79. The highest BCUT2D eigenvalue weighted by molar-refractivity contribution is 8.00. The van der Waals surface area contributed by atoms with E-state index in [2.05, 4.69) is 5.32 Å². The molecule has 2 rings (SSSR count). The number of carbonyl (C=O) groups is 2. The normalized spacial score (nSPS) is 10.1. The van der Waals surface area contributed by atoms with E-state index in [0.29, 0.717) is 5.75 Å². The molecule has 0 aliphatic rings. The number of amides is 1. The number of benzene rings is 2. The van der Waals surface area contributed by atoms with E-state index in [1.807, 2.05) is 0 Å². The molecule has 1 N–H and O–H groups in total. The highest BCUT2D eigenvalue weighted by Crippen LogP contribution is 2.27. The first-order chi connectivity index (χ1) is 12.9. The lowest BCUT2D eigenvalue weighted by atomic mass is 10.2. The number of thioether (sulfide) groups is 1. The summed E-state index contributed by atoms with van der Waals surface area (Å²) in [5, 5.41) is 13.5. The fraction of sp³-hybridized carbons (Fsp3) is 0.176. The van der Waals surface area contributed by atoms with Crippen LogP contribution in [0.3, 0.4) is 0 Å². The van der Waals surface area contributed by atoms with Gasteiger partial charge >= 0.3 is 5.97 Å². The highest BCUT2D eigenvalue weighted by Gasteiger charge is 2.17. The molecule has 0 atom stereocenters. The predicted molar refractivity (Wildman–Crippen MR) is 101 cm³/mol. The van der Waals surface area contributed by atoms with Crippen LogP contribution in [0.2, 0.25) is 5.02 Å². The second-order valence-corrected chi connectivity index (χ2v) is 6.58. The van der Waals surface area contributed by atoms with Crippen molar-refractivity contribution in [1.82, 2.24) is 0 Å². The number of halogens is 1. The van der Waals surface area contributed by atoms with E-state index in [-0.39, 0.29) is 22.2 Å². The summed E-state index contributed by atoms with van der Waals surface area (Å²) in [6.07, 6.45) is 0. The van der Waals surface area contributed by atoms with Crippen LogP contribution < -0.4 is 10.1 Å². The summed E-state index contributed by atoms with van der Waals surface area (Å²) in [6.45, 7) is -0.554. The number of anilines is 1. The van der Waals surface area contributed by atoms with Crippen LogP contribution in [0.25, 0.3) is 0 Å². The molecule has 8 nitrogen and oxygen atoms in total. The molecule has 0 aromatic heterocycles. The molecule has 0 radical (unpaired) electrons. The number of nitro benzene ring substituents is 1. The van der Waals surface area contributed by atoms with Crippen molar-refractivity contribution >= 4 is 46.6 Å². The molecule has 0 heterocycles. The van der Waals surface area contributed by atoms with E-state index in [1.54, 1.807) is 31.4 Å². The zero-order chi connectivity index (χ0) is 19.8.